The van der Waals surface area contributed by atoms with Gasteiger partial charge in [-0.2, -0.15) is 0 Å². The van der Waals surface area contributed by atoms with Crippen LogP contribution >= 0.6 is 15.9 Å². The van der Waals surface area contributed by atoms with Gasteiger partial charge in [-0.05, 0) is 24.6 Å². The van der Waals surface area contributed by atoms with Crippen LogP contribution in [0.2, 0.25) is 0 Å². The van der Waals surface area contributed by atoms with Gasteiger partial charge >= 0.3 is 0 Å². The Labute approximate surface area is 93.2 Å². The summed E-state index contributed by atoms with van der Waals surface area (Å²) in [5, 5.41) is 6.83. The normalized spacial score (nSPS) is 19.0. The third-order valence-electron chi connectivity index (χ3n) is 2.62. The zero-order valence-electron chi connectivity index (χ0n) is 8.26. The topological polar surface area (TPSA) is 24.1 Å². The summed E-state index contributed by atoms with van der Waals surface area (Å²) in [6, 6.07) is 9.54. The maximum Gasteiger partial charge on any atom is 0.0322 e. The molecular weight excluding hydrogens is 240 g/mol. The van der Waals surface area contributed by atoms with Crippen molar-refractivity contribution in [1.29, 1.82) is 0 Å². The first-order valence-electron chi connectivity index (χ1n) is 4.98. The molecule has 2 rings (SSSR count). The van der Waals surface area contributed by atoms with Crippen LogP contribution in [0.1, 0.15) is 18.5 Å². The molecule has 0 amide bonds. The van der Waals surface area contributed by atoms with Crippen LogP contribution in [0.25, 0.3) is 0 Å². The fourth-order valence-corrected chi connectivity index (χ4v) is 2.05. The lowest BCUT2D eigenvalue weighted by Crippen LogP contribution is -2.55. The molecule has 1 aliphatic rings. The van der Waals surface area contributed by atoms with Gasteiger partial charge in [0.2, 0.25) is 0 Å². The molecule has 0 radical (unpaired) electrons. The van der Waals surface area contributed by atoms with Crippen molar-refractivity contribution >= 4 is 15.9 Å². The number of rotatable bonds is 3. The molecule has 3 heteroatoms. The Balaban J connectivity index is 1.98. The third kappa shape index (κ3) is 2.35. The van der Waals surface area contributed by atoms with Gasteiger partial charge in [-0.15, -0.1) is 0 Å². The van der Waals surface area contributed by atoms with Crippen molar-refractivity contribution in [3.05, 3.63) is 34.3 Å². The Kier molecular flexibility index (Phi) is 3.21. The lowest BCUT2D eigenvalue weighted by Gasteiger charge is -2.31. The highest BCUT2D eigenvalue weighted by Gasteiger charge is 2.18. The first-order valence-corrected chi connectivity index (χ1v) is 5.77. The van der Waals surface area contributed by atoms with Crippen LogP contribution in [0.3, 0.4) is 0 Å². The van der Waals surface area contributed by atoms with E-state index in [9.17, 15) is 0 Å². The van der Waals surface area contributed by atoms with E-state index in [0.29, 0.717) is 12.1 Å². The van der Waals surface area contributed by atoms with Crippen LogP contribution in [-0.4, -0.2) is 19.1 Å². The van der Waals surface area contributed by atoms with Gasteiger partial charge in [0.15, 0.2) is 0 Å². The van der Waals surface area contributed by atoms with E-state index in [-0.39, 0.29) is 0 Å². The van der Waals surface area contributed by atoms with Gasteiger partial charge in [0.25, 0.3) is 0 Å². The highest BCUT2D eigenvalue weighted by Crippen LogP contribution is 2.18. The van der Waals surface area contributed by atoms with Crippen molar-refractivity contribution in [1.82, 2.24) is 10.6 Å². The fraction of sp³-hybridized carbons (Fsp3) is 0.455. The fourth-order valence-electron chi connectivity index (χ4n) is 1.63. The Bertz CT molecular complexity index is 310. The third-order valence-corrected chi connectivity index (χ3v) is 3.11. The van der Waals surface area contributed by atoms with Gasteiger partial charge in [-0.3, -0.25) is 0 Å². The van der Waals surface area contributed by atoms with E-state index in [1.807, 2.05) is 0 Å². The Morgan fingerprint density at radius 2 is 2.29 bits per heavy atom. The maximum absolute atomic E-state index is 3.58. The van der Waals surface area contributed by atoms with E-state index in [2.05, 4.69) is 57.8 Å². The quantitative estimate of drug-likeness (QED) is 0.864. The molecule has 0 spiro atoms. The minimum atomic E-state index is 0.430. The summed E-state index contributed by atoms with van der Waals surface area (Å²) in [5.41, 5.74) is 1.34. The predicted octanol–water partition coefficient (Wildman–Crippen LogP) is 2.07. The summed E-state index contributed by atoms with van der Waals surface area (Å²) in [4.78, 5) is 0. The molecule has 0 bridgehead atoms. The Hall–Kier alpha value is -0.380. The number of halogens is 1. The number of benzene rings is 1. The molecule has 1 aromatic rings. The van der Waals surface area contributed by atoms with Crippen molar-refractivity contribution in [2.24, 2.45) is 0 Å². The zero-order chi connectivity index (χ0) is 9.97. The zero-order valence-corrected chi connectivity index (χ0v) is 9.84. The molecule has 1 saturated heterocycles. The van der Waals surface area contributed by atoms with E-state index in [1.54, 1.807) is 0 Å². The van der Waals surface area contributed by atoms with Gasteiger partial charge in [-0.1, -0.05) is 28.1 Å². The van der Waals surface area contributed by atoms with Crippen LogP contribution in [0.15, 0.2) is 28.7 Å². The minimum absolute atomic E-state index is 0.430. The SMILES string of the molecule is C[C@H](NC1CNC1)c1cccc(Br)c1. The van der Waals surface area contributed by atoms with Crippen molar-refractivity contribution in [2.45, 2.75) is 19.0 Å². The Morgan fingerprint density at radius 1 is 1.50 bits per heavy atom. The highest BCUT2D eigenvalue weighted by molar-refractivity contribution is 9.10. The lowest BCUT2D eigenvalue weighted by molar-refractivity contribution is 0.338. The molecule has 1 aliphatic heterocycles. The molecule has 0 aromatic heterocycles. The van der Waals surface area contributed by atoms with Crippen molar-refractivity contribution in [3.63, 3.8) is 0 Å². The van der Waals surface area contributed by atoms with E-state index >= 15 is 0 Å². The van der Waals surface area contributed by atoms with Crippen LogP contribution in [0.5, 0.6) is 0 Å². The number of nitrogens with one attached hydrogen (secondary N) is 2. The van der Waals surface area contributed by atoms with Gasteiger partial charge in [0.05, 0.1) is 0 Å². The van der Waals surface area contributed by atoms with Crippen LogP contribution in [-0.2, 0) is 0 Å². The first kappa shape index (κ1) is 10.1. The van der Waals surface area contributed by atoms with Crippen molar-refractivity contribution in [3.8, 4) is 0 Å². The summed E-state index contributed by atoms with van der Waals surface area (Å²) in [6.07, 6.45) is 0. The Morgan fingerprint density at radius 3 is 2.86 bits per heavy atom. The molecule has 0 saturated carbocycles. The largest absolute Gasteiger partial charge is 0.314 e. The maximum atomic E-state index is 3.58. The number of hydrogen-bond donors (Lipinski definition) is 2. The standard InChI is InChI=1S/C11H15BrN2/c1-8(14-11-6-13-7-11)9-3-2-4-10(12)5-9/h2-5,8,11,13-14H,6-7H2,1H3/t8-/m0/s1. The van der Waals surface area contributed by atoms with E-state index in [1.165, 1.54) is 5.56 Å². The molecule has 1 atom stereocenters. The molecule has 1 fully saturated rings. The molecule has 1 heterocycles. The predicted molar refractivity (Wildman–Crippen MR) is 62.4 cm³/mol. The smallest absolute Gasteiger partial charge is 0.0322 e. The molecule has 76 valence electrons. The highest BCUT2D eigenvalue weighted by atomic mass is 79.9. The molecule has 14 heavy (non-hydrogen) atoms. The first-order chi connectivity index (χ1) is 6.75. The van der Waals surface area contributed by atoms with Crippen LogP contribution in [0.4, 0.5) is 0 Å². The molecule has 1 aromatic carbocycles. The average molecular weight is 255 g/mol. The van der Waals surface area contributed by atoms with Gasteiger partial charge < -0.3 is 10.6 Å². The van der Waals surface area contributed by atoms with Crippen molar-refractivity contribution < 1.29 is 0 Å². The van der Waals surface area contributed by atoms with E-state index < -0.39 is 0 Å². The second-order valence-corrected chi connectivity index (χ2v) is 4.71. The number of hydrogen-bond acceptors (Lipinski definition) is 2. The second-order valence-electron chi connectivity index (χ2n) is 3.80. The molecule has 2 N–H and O–H groups in total. The molecular formula is C11H15BrN2. The summed E-state index contributed by atoms with van der Waals surface area (Å²) in [5.74, 6) is 0. The van der Waals surface area contributed by atoms with Gasteiger partial charge in [0, 0.05) is 29.6 Å². The lowest BCUT2D eigenvalue weighted by atomic mass is 10.1. The summed E-state index contributed by atoms with van der Waals surface area (Å²) >= 11 is 3.49. The second kappa shape index (κ2) is 4.43. The van der Waals surface area contributed by atoms with E-state index in [0.717, 1.165) is 17.6 Å². The summed E-state index contributed by atoms with van der Waals surface area (Å²) in [6.45, 7) is 4.40. The summed E-state index contributed by atoms with van der Waals surface area (Å²) < 4.78 is 1.15. The monoisotopic (exact) mass is 254 g/mol. The van der Waals surface area contributed by atoms with Gasteiger partial charge in [0.1, 0.15) is 0 Å². The van der Waals surface area contributed by atoms with Crippen molar-refractivity contribution in [2.75, 3.05) is 13.1 Å². The van der Waals surface area contributed by atoms with Crippen LogP contribution in [0, 0.1) is 0 Å². The minimum Gasteiger partial charge on any atom is -0.314 e. The van der Waals surface area contributed by atoms with Gasteiger partial charge in [-0.25, -0.2) is 0 Å². The molecule has 0 unspecified atom stereocenters. The van der Waals surface area contributed by atoms with Crippen LogP contribution < -0.4 is 10.6 Å². The van der Waals surface area contributed by atoms with E-state index in [4.69, 9.17) is 0 Å². The summed E-state index contributed by atoms with van der Waals surface area (Å²) in [7, 11) is 0. The molecule has 2 nitrogen and oxygen atoms in total. The average Bonchev–Trinajstić information content (AvgIpc) is 2.11. The molecule has 0 aliphatic carbocycles.